The highest BCUT2D eigenvalue weighted by molar-refractivity contribution is 7.93. The molecule has 0 aromatic carbocycles. The Morgan fingerprint density at radius 3 is 2.40 bits per heavy atom. The molecule has 0 aliphatic rings. The molecule has 0 saturated heterocycles. The average Bonchev–Trinajstić information content (AvgIpc) is 2.25. The Morgan fingerprint density at radius 2 is 1.95 bits per heavy atom. The minimum atomic E-state index is -4.97. The number of hydrogen-bond donors (Lipinski definition) is 4. The molecule has 0 aliphatic heterocycles. The molecule has 1 aromatic heterocycles. The SMILES string of the molecule is O=P(O)(O)C(Cc1cccc[n+]1CCS)S(=O)(=O)O.[Cl-]. The van der Waals surface area contributed by atoms with Gasteiger partial charge in [0.15, 0.2) is 23.4 Å². The van der Waals surface area contributed by atoms with E-state index in [0.717, 1.165) is 0 Å². The van der Waals surface area contributed by atoms with Crippen LogP contribution in [0.5, 0.6) is 0 Å². The van der Waals surface area contributed by atoms with E-state index in [2.05, 4.69) is 12.6 Å². The number of aromatic nitrogens is 1. The van der Waals surface area contributed by atoms with Crippen molar-refractivity contribution in [1.29, 1.82) is 0 Å². The number of aryl methyl sites for hydroxylation is 1. The zero-order valence-corrected chi connectivity index (χ0v) is 13.6. The lowest BCUT2D eigenvalue weighted by atomic mass is 10.3. The number of pyridine rings is 1. The Labute approximate surface area is 128 Å². The van der Waals surface area contributed by atoms with Crippen LogP contribution in [0.4, 0.5) is 0 Å². The number of rotatable bonds is 6. The standard InChI is InChI=1S/C9H14NO6PS2.ClH/c11-17(12,13)9(19(14,15)16)7-8-3-1-2-4-10(8)5-6-18;/h1-4,9H,5-7H2,(H3-,11,12,13,14,15,16,18);1H. The molecule has 1 aromatic rings. The van der Waals surface area contributed by atoms with Gasteiger partial charge in [0.1, 0.15) is 0 Å². The predicted molar refractivity (Wildman–Crippen MR) is 71.6 cm³/mol. The Balaban J connectivity index is 0.00000361. The third-order valence-electron chi connectivity index (χ3n) is 2.48. The first kappa shape index (κ1) is 19.9. The van der Waals surface area contributed by atoms with Crippen molar-refractivity contribution in [3.8, 4) is 0 Å². The monoisotopic (exact) mass is 363 g/mol. The van der Waals surface area contributed by atoms with Crippen molar-refractivity contribution < 1.29 is 44.3 Å². The fourth-order valence-electron chi connectivity index (χ4n) is 1.60. The molecule has 0 fully saturated rings. The van der Waals surface area contributed by atoms with Crippen molar-refractivity contribution >= 4 is 30.3 Å². The maximum absolute atomic E-state index is 11.2. The second-order valence-corrected chi connectivity index (χ2v) is 8.07. The van der Waals surface area contributed by atoms with Crippen LogP contribution in [0.2, 0.25) is 0 Å². The third kappa shape index (κ3) is 5.69. The van der Waals surface area contributed by atoms with Crippen molar-refractivity contribution in [2.24, 2.45) is 0 Å². The Morgan fingerprint density at radius 1 is 1.35 bits per heavy atom. The molecule has 0 radical (unpaired) electrons. The van der Waals surface area contributed by atoms with Crippen LogP contribution in [-0.2, 0) is 27.6 Å². The summed E-state index contributed by atoms with van der Waals surface area (Å²) in [6.45, 7) is 0.457. The van der Waals surface area contributed by atoms with Crippen LogP contribution in [0.15, 0.2) is 24.4 Å². The van der Waals surface area contributed by atoms with Crippen LogP contribution in [-0.4, -0.2) is 33.5 Å². The zero-order chi connectivity index (χ0) is 14.7. The Bertz CT molecular complexity index is 590. The van der Waals surface area contributed by atoms with E-state index in [0.29, 0.717) is 18.0 Å². The molecule has 1 rings (SSSR count). The van der Waals surface area contributed by atoms with Crippen LogP contribution >= 0.6 is 20.2 Å². The molecule has 1 unspecified atom stereocenters. The van der Waals surface area contributed by atoms with Gasteiger partial charge in [-0.3, -0.25) is 9.12 Å². The van der Waals surface area contributed by atoms with Crippen molar-refractivity contribution in [3.05, 3.63) is 30.1 Å². The molecule has 0 spiro atoms. The second kappa shape index (κ2) is 7.74. The number of halogens is 1. The van der Waals surface area contributed by atoms with Gasteiger partial charge in [-0.25, -0.2) is 4.57 Å². The second-order valence-electron chi connectivity index (χ2n) is 3.87. The van der Waals surface area contributed by atoms with E-state index in [9.17, 15) is 13.0 Å². The molecule has 3 N–H and O–H groups in total. The lowest BCUT2D eigenvalue weighted by Crippen LogP contribution is -3.00. The number of thiol groups is 1. The van der Waals surface area contributed by atoms with Gasteiger partial charge in [0, 0.05) is 17.9 Å². The van der Waals surface area contributed by atoms with Crippen LogP contribution in [0, 0.1) is 0 Å². The minimum Gasteiger partial charge on any atom is -1.00 e. The molecule has 0 aliphatic carbocycles. The molecular formula is C9H15ClNO6PS2. The summed E-state index contributed by atoms with van der Waals surface area (Å²) in [5.41, 5.74) is 0.391. The molecule has 11 heteroatoms. The molecule has 0 saturated carbocycles. The van der Waals surface area contributed by atoms with E-state index in [1.165, 1.54) is 6.07 Å². The Kier molecular flexibility index (Phi) is 7.69. The fourth-order valence-corrected chi connectivity index (χ4v) is 4.01. The summed E-state index contributed by atoms with van der Waals surface area (Å²) < 4.78 is 43.9. The average molecular weight is 364 g/mol. The quantitative estimate of drug-likeness (QED) is 0.183. The van der Waals surface area contributed by atoms with Gasteiger partial charge in [0.2, 0.25) is 0 Å². The first-order valence-corrected chi connectivity index (χ1v) is 9.07. The highest BCUT2D eigenvalue weighted by Gasteiger charge is 2.41. The van der Waals surface area contributed by atoms with Crippen LogP contribution < -0.4 is 17.0 Å². The van der Waals surface area contributed by atoms with Crippen LogP contribution in [0.3, 0.4) is 0 Å². The minimum absolute atomic E-state index is 0. The summed E-state index contributed by atoms with van der Waals surface area (Å²) in [6.07, 6.45) is 1.17. The zero-order valence-electron chi connectivity index (χ0n) is 10.2. The number of nitrogens with zero attached hydrogens (tertiary/aromatic N) is 1. The lowest BCUT2D eigenvalue weighted by Gasteiger charge is -2.14. The summed E-state index contributed by atoms with van der Waals surface area (Å²) in [6, 6.07) is 4.86. The topological polar surface area (TPSA) is 116 Å². The Hall–Kier alpha value is -0.150. The smallest absolute Gasteiger partial charge is 0.346 e. The molecule has 7 nitrogen and oxygen atoms in total. The van der Waals surface area contributed by atoms with Gasteiger partial charge in [0.25, 0.3) is 10.1 Å². The normalized spacial score (nSPS) is 13.6. The molecular weight excluding hydrogens is 349 g/mol. The summed E-state index contributed by atoms with van der Waals surface area (Å²) in [7, 11) is -9.82. The molecule has 0 bridgehead atoms. The molecule has 0 amide bonds. The summed E-state index contributed by atoms with van der Waals surface area (Å²) >= 11 is 4.04. The fraction of sp³-hybridized carbons (Fsp3) is 0.444. The summed E-state index contributed by atoms with van der Waals surface area (Å²) in [5, 5.41) is 0. The summed E-state index contributed by atoms with van der Waals surface area (Å²) in [5.74, 6) is 0.480. The maximum atomic E-state index is 11.2. The van der Waals surface area contributed by atoms with Crippen molar-refractivity contribution in [2.45, 2.75) is 18.0 Å². The predicted octanol–water partition coefficient (Wildman–Crippen LogP) is -3.16. The van der Waals surface area contributed by atoms with Gasteiger partial charge in [-0.05, 0) is 0 Å². The van der Waals surface area contributed by atoms with Crippen LogP contribution in [0.25, 0.3) is 0 Å². The van der Waals surface area contributed by atoms with Crippen molar-refractivity contribution in [3.63, 3.8) is 0 Å². The van der Waals surface area contributed by atoms with Crippen LogP contribution in [0.1, 0.15) is 5.69 Å². The molecule has 1 atom stereocenters. The van der Waals surface area contributed by atoms with E-state index in [4.69, 9.17) is 14.3 Å². The van der Waals surface area contributed by atoms with Gasteiger partial charge in [0.05, 0.1) is 6.42 Å². The van der Waals surface area contributed by atoms with Crippen molar-refractivity contribution in [1.82, 2.24) is 0 Å². The van der Waals surface area contributed by atoms with Gasteiger partial charge in [-0.15, -0.1) is 0 Å². The molecule has 20 heavy (non-hydrogen) atoms. The third-order valence-corrected chi connectivity index (χ3v) is 6.09. The van der Waals surface area contributed by atoms with Gasteiger partial charge in [-0.1, -0.05) is 6.07 Å². The molecule has 1 heterocycles. The van der Waals surface area contributed by atoms with E-state index in [1.54, 1.807) is 22.9 Å². The highest BCUT2D eigenvalue weighted by atomic mass is 35.5. The number of hydrogen-bond acceptors (Lipinski definition) is 4. The maximum Gasteiger partial charge on any atom is 0.346 e. The van der Waals surface area contributed by atoms with Gasteiger partial charge < -0.3 is 22.2 Å². The first-order chi connectivity index (χ1) is 8.66. The van der Waals surface area contributed by atoms with E-state index >= 15 is 0 Å². The largest absolute Gasteiger partial charge is 1.00 e. The highest BCUT2D eigenvalue weighted by Crippen LogP contribution is 2.45. The lowest BCUT2D eigenvalue weighted by molar-refractivity contribution is -0.699. The van der Waals surface area contributed by atoms with Gasteiger partial charge in [-0.2, -0.15) is 21.0 Å². The molecule has 116 valence electrons. The summed E-state index contributed by atoms with van der Waals surface area (Å²) in [4.78, 5) is 15.9. The van der Waals surface area contributed by atoms with E-state index in [1.807, 2.05) is 0 Å². The first-order valence-electron chi connectivity index (χ1n) is 5.26. The van der Waals surface area contributed by atoms with Gasteiger partial charge >= 0.3 is 7.60 Å². The van der Waals surface area contributed by atoms with E-state index in [-0.39, 0.29) is 12.4 Å². The van der Waals surface area contributed by atoms with E-state index < -0.39 is 29.1 Å². The van der Waals surface area contributed by atoms with Crippen molar-refractivity contribution in [2.75, 3.05) is 5.75 Å².